The molecule has 2 heterocycles. The van der Waals surface area contributed by atoms with E-state index in [0.717, 1.165) is 15.8 Å². The SMILES string of the molecule is CN(CC1COc2ccccc2O1)C(=O)CSc1nnc(-c2ccccc2Br)o1. The second-order valence-corrected chi connectivity index (χ2v) is 8.19. The molecule has 1 aliphatic rings. The number of ether oxygens (including phenoxy) is 2. The molecule has 3 aromatic rings. The van der Waals surface area contributed by atoms with E-state index >= 15 is 0 Å². The lowest BCUT2D eigenvalue weighted by Gasteiger charge is -2.29. The topological polar surface area (TPSA) is 77.7 Å². The van der Waals surface area contributed by atoms with E-state index in [1.165, 1.54) is 11.8 Å². The molecule has 1 amide bonds. The van der Waals surface area contributed by atoms with Crippen LogP contribution in [-0.4, -0.2) is 53.1 Å². The minimum absolute atomic E-state index is 0.0573. The van der Waals surface area contributed by atoms with Crippen molar-refractivity contribution in [1.82, 2.24) is 15.1 Å². The highest BCUT2D eigenvalue weighted by Crippen LogP contribution is 2.31. The number of nitrogens with zero attached hydrogens (tertiary/aromatic N) is 3. The Bertz CT molecular complexity index is 1010. The van der Waals surface area contributed by atoms with Crippen molar-refractivity contribution >= 4 is 33.6 Å². The van der Waals surface area contributed by atoms with Crippen molar-refractivity contribution in [3.8, 4) is 23.0 Å². The Morgan fingerprint density at radius 1 is 1.17 bits per heavy atom. The van der Waals surface area contributed by atoms with Crippen molar-refractivity contribution in [3.05, 3.63) is 53.0 Å². The lowest BCUT2D eigenvalue weighted by atomic mass is 10.2. The van der Waals surface area contributed by atoms with Crippen LogP contribution in [0, 0.1) is 0 Å². The second-order valence-electron chi connectivity index (χ2n) is 6.41. The maximum atomic E-state index is 12.5. The van der Waals surface area contributed by atoms with Gasteiger partial charge in [0.05, 0.1) is 17.9 Å². The molecule has 7 nitrogen and oxygen atoms in total. The van der Waals surface area contributed by atoms with Gasteiger partial charge < -0.3 is 18.8 Å². The van der Waals surface area contributed by atoms with Gasteiger partial charge in [-0.2, -0.15) is 0 Å². The zero-order chi connectivity index (χ0) is 20.2. The number of hydrogen-bond acceptors (Lipinski definition) is 7. The molecule has 9 heteroatoms. The molecule has 4 rings (SSSR count). The Labute approximate surface area is 180 Å². The van der Waals surface area contributed by atoms with E-state index in [2.05, 4.69) is 26.1 Å². The van der Waals surface area contributed by atoms with Crippen LogP contribution in [-0.2, 0) is 4.79 Å². The van der Waals surface area contributed by atoms with Crippen LogP contribution in [0.5, 0.6) is 11.5 Å². The molecule has 0 saturated heterocycles. The fourth-order valence-electron chi connectivity index (χ4n) is 2.81. The van der Waals surface area contributed by atoms with Gasteiger partial charge in [0.25, 0.3) is 5.22 Å². The first-order valence-electron chi connectivity index (χ1n) is 8.94. The van der Waals surface area contributed by atoms with Crippen LogP contribution < -0.4 is 9.47 Å². The van der Waals surface area contributed by atoms with Gasteiger partial charge in [0.15, 0.2) is 17.6 Å². The summed E-state index contributed by atoms with van der Waals surface area (Å²) in [6.45, 7) is 0.834. The first kappa shape index (κ1) is 19.8. The second kappa shape index (κ2) is 8.87. The molecule has 2 aromatic carbocycles. The normalized spacial score (nSPS) is 15.2. The van der Waals surface area contributed by atoms with Gasteiger partial charge >= 0.3 is 0 Å². The van der Waals surface area contributed by atoms with Gasteiger partial charge in [0, 0.05) is 11.5 Å². The van der Waals surface area contributed by atoms with E-state index < -0.39 is 0 Å². The average Bonchev–Trinajstić information content (AvgIpc) is 3.21. The summed E-state index contributed by atoms with van der Waals surface area (Å²) in [5.74, 6) is 1.97. The molecular formula is C20H18BrN3O4S. The van der Waals surface area contributed by atoms with Gasteiger partial charge in [0.1, 0.15) is 6.61 Å². The van der Waals surface area contributed by atoms with E-state index in [0.29, 0.717) is 30.0 Å². The molecule has 1 atom stereocenters. The Kier molecular flexibility index (Phi) is 6.05. The highest BCUT2D eigenvalue weighted by Gasteiger charge is 2.24. The number of carbonyl (C=O) groups is 1. The number of para-hydroxylation sites is 2. The van der Waals surface area contributed by atoms with Gasteiger partial charge in [-0.25, -0.2) is 0 Å². The van der Waals surface area contributed by atoms with Crippen LogP contribution in [0.15, 0.2) is 62.6 Å². The van der Waals surface area contributed by atoms with E-state index in [-0.39, 0.29) is 17.8 Å². The molecule has 0 N–H and O–H groups in total. The highest BCUT2D eigenvalue weighted by molar-refractivity contribution is 9.10. The number of rotatable bonds is 6. The van der Waals surface area contributed by atoms with E-state index in [1.54, 1.807) is 11.9 Å². The zero-order valence-electron chi connectivity index (χ0n) is 15.6. The number of halogens is 1. The summed E-state index contributed by atoms with van der Waals surface area (Å²) in [6, 6.07) is 15.1. The fourth-order valence-corrected chi connectivity index (χ4v) is 3.96. The van der Waals surface area contributed by atoms with Crippen LogP contribution >= 0.6 is 27.7 Å². The maximum absolute atomic E-state index is 12.5. The fraction of sp³-hybridized carbons (Fsp3) is 0.250. The summed E-state index contributed by atoms with van der Waals surface area (Å²) in [5.41, 5.74) is 0.810. The molecule has 1 aromatic heterocycles. The predicted octanol–water partition coefficient (Wildman–Crippen LogP) is 3.89. The van der Waals surface area contributed by atoms with Crippen LogP contribution in [0.2, 0.25) is 0 Å². The minimum atomic E-state index is -0.214. The molecule has 0 aliphatic carbocycles. The molecule has 0 radical (unpaired) electrons. The van der Waals surface area contributed by atoms with E-state index in [4.69, 9.17) is 13.9 Å². The first-order valence-corrected chi connectivity index (χ1v) is 10.7. The number of carbonyl (C=O) groups excluding carboxylic acids is 1. The number of amides is 1. The number of benzene rings is 2. The minimum Gasteiger partial charge on any atom is -0.486 e. The predicted molar refractivity (Wildman–Crippen MR) is 112 cm³/mol. The Balaban J connectivity index is 1.29. The quantitative estimate of drug-likeness (QED) is 0.500. The molecular weight excluding hydrogens is 458 g/mol. The van der Waals surface area contributed by atoms with Crippen molar-refractivity contribution in [1.29, 1.82) is 0 Å². The average molecular weight is 476 g/mol. The van der Waals surface area contributed by atoms with Crippen LogP contribution in [0.25, 0.3) is 11.5 Å². The Morgan fingerprint density at radius 2 is 1.93 bits per heavy atom. The van der Waals surface area contributed by atoms with Crippen molar-refractivity contribution in [2.45, 2.75) is 11.3 Å². The standard InChI is InChI=1S/C20H18BrN3O4S/c1-24(10-13-11-26-16-8-4-5-9-17(16)27-13)18(25)12-29-20-23-22-19(28-20)14-6-2-3-7-15(14)21/h2-9,13H,10-12H2,1H3. The summed E-state index contributed by atoms with van der Waals surface area (Å²) < 4.78 is 18.1. The molecule has 0 fully saturated rings. The number of thioether (sulfide) groups is 1. The molecule has 0 spiro atoms. The van der Waals surface area contributed by atoms with Crippen molar-refractivity contribution in [3.63, 3.8) is 0 Å². The lowest BCUT2D eigenvalue weighted by molar-refractivity contribution is -0.128. The van der Waals surface area contributed by atoms with Gasteiger partial charge in [-0.15, -0.1) is 10.2 Å². The van der Waals surface area contributed by atoms with E-state index in [1.807, 2.05) is 48.5 Å². The van der Waals surface area contributed by atoms with Gasteiger partial charge in [-0.1, -0.05) is 36.0 Å². The number of fused-ring (bicyclic) bond motifs is 1. The summed E-state index contributed by atoms with van der Waals surface area (Å²) in [6.07, 6.45) is -0.214. The van der Waals surface area contributed by atoms with E-state index in [9.17, 15) is 4.79 Å². The van der Waals surface area contributed by atoms with Crippen molar-refractivity contribution in [2.24, 2.45) is 0 Å². The number of aromatic nitrogens is 2. The Morgan fingerprint density at radius 3 is 2.76 bits per heavy atom. The number of hydrogen-bond donors (Lipinski definition) is 0. The van der Waals surface area contributed by atoms with Gasteiger partial charge in [-0.05, 0) is 40.2 Å². The molecule has 1 unspecified atom stereocenters. The molecule has 150 valence electrons. The summed E-state index contributed by atoms with van der Waals surface area (Å²) >= 11 is 4.67. The van der Waals surface area contributed by atoms with Crippen molar-refractivity contribution in [2.75, 3.05) is 26.0 Å². The summed E-state index contributed by atoms with van der Waals surface area (Å²) in [5, 5.41) is 8.42. The van der Waals surface area contributed by atoms with Crippen LogP contribution in [0.4, 0.5) is 0 Å². The third-order valence-corrected chi connectivity index (χ3v) is 5.80. The van der Waals surface area contributed by atoms with Crippen LogP contribution in [0.1, 0.15) is 0 Å². The number of likely N-dealkylation sites (N-methyl/N-ethyl adjacent to an activating group) is 1. The van der Waals surface area contributed by atoms with Gasteiger partial charge in [-0.3, -0.25) is 4.79 Å². The zero-order valence-corrected chi connectivity index (χ0v) is 18.0. The highest BCUT2D eigenvalue weighted by atomic mass is 79.9. The molecule has 29 heavy (non-hydrogen) atoms. The third-order valence-electron chi connectivity index (χ3n) is 4.30. The molecule has 0 bridgehead atoms. The monoisotopic (exact) mass is 475 g/mol. The van der Waals surface area contributed by atoms with Crippen molar-refractivity contribution < 1.29 is 18.7 Å². The van der Waals surface area contributed by atoms with Crippen LogP contribution in [0.3, 0.4) is 0 Å². The third kappa shape index (κ3) is 4.73. The first-order chi connectivity index (χ1) is 14.1. The maximum Gasteiger partial charge on any atom is 0.277 e. The molecule has 0 saturated carbocycles. The van der Waals surface area contributed by atoms with Gasteiger partial charge in [0.2, 0.25) is 11.8 Å². The summed E-state index contributed by atoms with van der Waals surface area (Å²) in [7, 11) is 1.74. The smallest absolute Gasteiger partial charge is 0.277 e. The largest absolute Gasteiger partial charge is 0.486 e. The lowest BCUT2D eigenvalue weighted by Crippen LogP contribution is -2.42. The Hall–Kier alpha value is -2.52. The molecule has 1 aliphatic heterocycles. The summed E-state index contributed by atoms with van der Waals surface area (Å²) in [4.78, 5) is 14.1.